The Morgan fingerprint density at radius 2 is 1.56 bits per heavy atom. The Bertz CT molecular complexity index is 700. The molecule has 1 amide bonds. The van der Waals surface area contributed by atoms with Crippen molar-refractivity contribution in [1.82, 2.24) is 4.90 Å². The smallest absolute Gasteiger partial charge is 0.410 e. The van der Waals surface area contributed by atoms with E-state index in [9.17, 15) is 9.90 Å². The number of nitrogens with zero attached hydrogens (tertiary/aromatic N) is 1. The summed E-state index contributed by atoms with van der Waals surface area (Å²) >= 11 is 0. The minimum absolute atomic E-state index is 0.0210. The third-order valence-electron chi connectivity index (χ3n) is 5.02. The third kappa shape index (κ3) is 4.89. The molecule has 1 aliphatic heterocycles. The quantitative estimate of drug-likeness (QED) is 0.873. The van der Waals surface area contributed by atoms with E-state index in [2.05, 4.69) is 24.3 Å². The first-order valence-corrected chi connectivity index (χ1v) is 9.61. The molecule has 0 spiro atoms. The number of ether oxygens (including phenoxy) is 1. The van der Waals surface area contributed by atoms with Crippen LogP contribution in [0.4, 0.5) is 4.79 Å². The van der Waals surface area contributed by atoms with Gasteiger partial charge < -0.3 is 14.7 Å². The monoisotopic (exact) mass is 367 g/mol. The summed E-state index contributed by atoms with van der Waals surface area (Å²) in [6, 6.07) is 20.4. The number of aliphatic hydroxyl groups is 1. The average Bonchev–Trinajstić information content (AvgIpc) is 2.64. The molecule has 2 aromatic carbocycles. The van der Waals surface area contributed by atoms with E-state index in [1.54, 1.807) is 4.90 Å². The molecule has 1 saturated heterocycles. The molecule has 1 N–H and O–H groups in total. The number of carbonyl (C=O) groups excluding carboxylic acids is 1. The molecular weight excluding hydrogens is 338 g/mol. The van der Waals surface area contributed by atoms with Gasteiger partial charge >= 0.3 is 6.09 Å². The normalized spacial score (nSPS) is 20.6. The Kier molecular flexibility index (Phi) is 5.85. The fourth-order valence-corrected chi connectivity index (χ4v) is 3.80. The molecule has 2 unspecified atom stereocenters. The lowest BCUT2D eigenvalue weighted by Gasteiger charge is -2.40. The molecule has 0 radical (unpaired) electrons. The van der Waals surface area contributed by atoms with Crippen molar-refractivity contribution in [2.24, 2.45) is 5.92 Å². The van der Waals surface area contributed by atoms with Gasteiger partial charge in [-0.25, -0.2) is 4.79 Å². The fraction of sp³-hybridized carbons (Fsp3) is 0.435. The molecule has 1 fully saturated rings. The third-order valence-corrected chi connectivity index (χ3v) is 5.02. The van der Waals surface area contributed by atoms with Crippen LogP contribution in [0.3, 0.4) is 0 Å². The van der Waals surface area contributed by atoms with Gasteiger partial charge in [-0.05, 0) is 38.3 Å². The summed E-state index contributed by atoms with van der Waals surface area (Å²) in [5, 5.41) is 10.8. The van der Waals surface area contributed by atoms with Crippen LogP contribution in [-0.4, -0.2) is 40.9 Å². The van der Waals surface area contributed by atoms with Gasteiger partial charge in [-0.2, -0.15) is 0 Å². The summed E-state index contributed by atoms with van der Waals surface area (Å²) in [5.41, 5.74) is 1.78. The van der Waals surface area contributed by atoms with Crippen LogP contribution in [0.5, 0.6) is 0 Å². The molecule has 2 aromatic rings. The van der Waals surface area contributed by atoms with Crippen molar-refractivity contribution in [3.63, 3.8) is 0 Å². The molecule has 3 rings (SSSR count). The van der Waals surface area contributed by atoms with Gasteiger partial charge in [0.05, 0.1) is 6.10 Å². The molecule has 0 aliphatic carbocycles. The first kappa shape index (κ1) is 19.4. The van der Waals surface area contributed by atoms with Crippen LogP contribution in [0.2, 0.25) is 0 Å². The van der Waals surface area contributed by atoms with Crippen LogP contribution >= 0.6 is 0 Å². The van der Waals surface area contributed by atoms with E-state index in [1.807, 2.05) is 57.2 Å². The molecule has 27 heavy (non-hydrogen) atoms. The van der Waals surface area contributed by atoms with Gasteiger partial charge in [0.25, 0.3) is 0 Å². The summed E-state index contributed by atoms with van der Waals surface area (Å²) in [5.74, 6) is -0.0660. The minimum Gasteiger partial charge on any atom is -0.444 e. The largest absolute Gasteiger partial charge is 0.444 e. The zero-order valence-electron chi connectivity index (χ0n) is 16.3. The molecule has 144 valence electrons. The van der Waals surface area contributed by atoms with E-state index >= 15 is 0 Å². The molecule has 0 saturated carbocycles. The van der Waals surface area contributed by atoms with E-state index in [0.29, 0.717) is 19.5 Å². The Morgan fingerprint density at radius 1 is 1.04 bits per heavy atom. The van der Waals surface area contributed by atoms with Crippen molar-refractivity contribution >= 4 is 6.09 Å². The van der Waals surface area contributed by atoms with E-state index in [-0.39, 0.29) is 17.9 Å². The number of amides is 1. The molecule has 2 atom stereocenters. The summed E-state index contributed by atoms with van der Waals surface area (Å²) in [4.78, 5) is 14.3. The number of likely N-dealkylation sites (tertiary alicyclic amines) is 1. The second-order valence-corrected chi connectivity index (χ2v) is 8.25. The molecule has 4 nitrogen and oxygen atoms in total. The Morgan fingerprint density at radius 3 is 2.04 bits per heavy atom. The van der Waals surface area contributed by atoms with E-state index in [4.69, 9.17) is 4.74 Å². The second-order valence-electron chi connectivity index (χ2n) is 8.25. The Balaban J connectivity index is 1.90. The van der Waals surface area contributed by atoms with Gasteiger partial charge in [-0.15, -0.1) is 0 Å². The standard InChI is InChI=1S/C23H29NO3/c1-23(2,3)27-22(26)24-15-14-20(25)19(16-24)21(17-10-6-4-7-11-17)18-12-8-5-9-13-18/h4-13,19-21,25H,14-16H2,1-3H3. The number of carbonyl (C=O) groups is 1. The molecule has 1 heterocycles. The molecule has 0 aromatic heterocycles. The lowest BCUT2D eigenvalue weighted by molar-refractivity contribution is -0.0115. The number of benzene rings is 2. The predicted octanol–water partition coefficient (Wildman–Crippen LogP) is 4.44. The van der Waals surface area contributed by atoms with Gasteiger partial charge in [-0.1, -0.05) is 60.7 Å². The van der Waals surface area contributed by atoms with Crippen LogP contribution in [0.1, 0.15) is 44.2 Å². The van der Waals surface area contributed by atoms with Crippen LogP contribution in [-0.2, 0) is 4.74 Å². The highest BCUT2D eigenvalue weighted by Gasteiger charge is 2.38. The van der Waals surface area contributed by atoms with Crippen LogP contribution < -0.4 is 0 Å². The highest BCUT2D eigenvalue weighted by molar-refractivity contribution is 5.68. The first-order valence-electron chi connectivity index (χ1n) is 9.61. The summed E-state index contributed by atoms with van der Waals surface area (Å²) in [6.45, 7) is 6.61. The number of piperidine rings is 1. The van der Waals surface area contributed by atoms with Crippen molar-refractivity contribution in [1.29, 1.82) is 0 Å². The van der Waals surface area contributed by atoms with Crippen molar-refractivity contribution in [3.8, 4) is 0 Å². The molecule has 1 aliphatic rings. The number of aliphatic hydroxyl groups excluding tert-OH is 1. The van der Waals surface area contributed by atoms with Crippen molar-refractivity contribution in [2.45, 2.75) is 44.8 Å². The van der Waals surface area contributed by atoms with Crippen LogP contribution in [0.25, 0.3) is 0 Å². The zero-order chi connectivity index (χ0) is 19.4. The zero-order valence-corrected chi connectivity index (χ0v) is 16.3. The summed E-state index contributed by atoms with van der Waals surface area (Å²) in [6.07, 6.45) is -0.214. The second kappa shape index (κ2) is 8.13. The van der Waals surface area contributed by atoms with E-state index < -0.39 is 11.7 Å². The van der Waals surface area contributed by atoms with E-state index in [1.165, 1.54) is 0 Å². The average molecular weight is 367 g/mol. The molecule has 0 bridgehead atoms. The summed E-state index contributed by atoms with van der Waals surface area (Å²) in [7, 11) is 0. The topological polar surface area (TPSA) is 49.8 Å². The maximum absolute atomic E-state index is 12.6. The van der Waals surface area contributed by atoms with Gasteiger partial charge in [0.1, 0.15) is 5.60 Å². The van der Waals surface area contributed by atoms with Gasteiger partial charge in [0.2, 0.25) is 0 Å². The van der Waals surface area contributed by atoms with Gasteiger partial charge in [-0.3, -0.25) is 0 Å². The number of rotatable bonds is 3. The fourth-order valence-electron chi connectivity index (χ4n) is 3.80. The maximum Gasteiger partial charge on any atom is 0.410 e. The van der Waals surface area contributed by atoms with Crippen molar-refractivity contribution in [2.75, 3.05) is 13.1 Å². The van der Waals surface area contributed by atoms with Gasteiger partial charge in [0, 0.05) is 24.9 Å². The SMILES string of the molecule is CC(C)(C)OC(=O)N1CCC(O)C(C(c2ccccc2)c2ccccc2)C1. The lowest BCUT2D eigenvalue weighted by atomic mass is 9.75. The molecular formula is C23H29NO3. The van der Waals surface area contributed by atoms with Gasteiger partial charge in [0.15, 0.2) is 0 Å². The van der Waals surface area contributed by atoms with Crippen LogP contribution in [0.15, 0.2) is 60.7 Å². The maximum atomic E-state index is 12.6. The number of hydrogen-bond donors (Lipinski definition) is 1. The Hall–Kier alpha value is -2.33. The van der Waals surface area contributed by atoms with Crippen molar-refractivity contribution < 1.29 is 14.6 Å². The highest BCUT2D eigenvalue weighted by atomic mass is 16.6. The minimum atomic E-state index is -0.527. The summed E-state index contributed by atoms with van der Waals surface area (Å²) < 4.78 is 5.56. The predicted molar refractivity (Wildman–Crippen MR) is 107 cm³/mol. The van der Waals surface area contributed by atoms with Crippen LogP contribution in [0, 0.1) is 5.92 Å². The van der Waals surface area contributed by atoms with E-state index in [0.717, 1.165) is 11.1 Å². The highest BCUT2D eigenvalue weighted by Crippen LogP contribution is 2.37. The molecule has 4 heteroatoms. The lowest BCUT2D eigenvalue weighted by Crippen LogP contribution is -2.49. The number of hydrogen-bond acceptors (Lipinski definition) is 3. The van der Waals surface area contributed by atoms with Crippen molar-refractivity contribution in [3.05, 3.63) is 71.8 Å². The Labute approximate surface area is 161 Å². The first-order chi connectivity index (χ1) is 12.8.